The standard InChI is InChI=1S/C11H7F3O2/c12-11(13,14)8-3-1-7(2-4-8)10(5-6-10)9(15)16/h1-6H,(H,15,16). The summed E-state index contributed by atoms with van der Waals surface area (Å²) in [4.78, 5) is 10.9. The first-order valence-corrected chi connectivity index (χ1v) is 4.48. The number of benzene rings is 1. The van der Waals surface area contributed by atoms with Crippen molar-refractivity contribution in [2.75, 3.05) is 0 Å². The van der Waals surface area contributed by atoms with Crippen molar-refractivity contribution >= 4 is 5.97 Å². The Morgan fingerprint density at radius 2 is 1.62 bits per heavy atom. The van der Waals surface area contributed by atoms with Crippen LogP contribution < -0.4 is 0 Å². The first-order valence-electron chi connectivity index (χ1n) is 4.48. The summed E-state index contributed by atoms with van der Waals surface area (Å²) in [6.45, 7) is 0. The Morgan fingerprint density at radius 1 is 1.12 bits per heavy atom. The zero-order valence-electron chi connectivity index (χ0n) is 7.95. The summed E-state index contributed by atoms with van der Waals surface area (Å²) in [6, 6.07) is 4.16. The monoisotopic (exact) mass is 228 g/mol. The summed E-state index contributed by atoms with van der Waals surface area (Å²) >= 11 is 0. The Hall–Kier alpha value is -1.78. The van der Waals surface area contributed by atoms with E-state index in [9.17, 15) is 18.0 Å². The topological polar surface area (TPSA) is 37.3 Å². The van der Waals surface area contributed by atoms with Gasteiger partial charge in [0.2, 0.25) is 0 Å². The van der Waals surface area contributed by atoms with Gasteiger partial charge >= 0.3 is 12.1 Å². The molecule has 1 aromatic rings. The largest absolute Gasteiger partial charge is 0.480 e. The molecule has 1 aliphatic rings. The van der Waals surface area contributed by atoms with Crippen molar-refractivity contribution in [3.05, 3.63) is 47.5 Å². The van der Waals surface area contributed by atoms with Gasteiger partial charge in [-0.1, -0.05) is 24.3 Å². The Balaban J connectivity index is 2.31. The molecule has 84 valence electrons. The third kappa shape index (κ3) is 1.58. The Labute approximate surface area is 89.0 Å². The fourth-order valence-electron chi connectivity index (χ4n) is 1.48. The highest BCUT2D eigenvalue weighted by atomic mass is 19.4. The van der Waals surface area contributed by atoms with Crippen LogP contribution in [0.4, 0.5) is 13.2 Å². The summed E-state index contributed by atoms with van der Waals surface area (Å²) < 4.78 is 36.8. The molecular formula is C11H7F3O2. The highest BCUT2D eigenvalue weighted by molar-refractivity contribution is 5.92. The minimum Gasteiger partial charge on any atom is -0.480 e. The van der Waals surface area contributed by atoms with Crippen molar-refractivity contribution in [2.24, 2.45) is 0 Å². The van der Waals surface area contributed by atoms with E-state index >= 15 is 0 Å². The highest BCUT2D eigenvalue weighted by Gasteiger charge is 2.44. The SMILES string of the molecule is O=C(O)C1(c2ccc(C(F)(F)F)cc2)C=C1. The van der Waals surface area contributed by atoms with Crippen molar-refractivity contribution < 1.29 is 23.1 Å². The van der Waals surface area contributed by atoms with Gasteiger partial charge in [-0.05, 0) is 17.7 Å². The van der Waals surface area contributed by atoms with Crippen LogP contribution in [0, 0.1) is 0 Å². The second-order valence-electron chi connectivity index (χ2n) is 3.58. The van der Waals surface area contributed by atoms with Gasteiger partial charge in [0, 0.05) is 0 Å². The third-order valence-corrected chi connectivity index (χ3v) is 2.54. The van der Waals surface area contributed by atoms with Crippen molar-refractivity contribution in [3.8, 4) is 0 Å². The highest BCUT2D eigenvalue weighted by Crippen LogP contribution is 2.40. The minimum absolute atomic E-state index is 0.341. The molecule has 0 saturated heterocycles. The fourth-order valence-corrected chi connectivity index (χ4v) is 1.48. The molecule has 2 nitrogen and oxygen atoms in total. The van der Waals surface area contributed by atoms with Crippen LogP contribution in [-0.2, 0) is 16.4 Å². The van der Waals surface area contributed by atoms with Gasteiger partial charge in [0.05, 0.1) is 5.56 Å². The van der Waals surface area contributed by atoms with E-state index < -0.39 is 23.1 Å². The minimum atomic E-state index is -4.40. The molecule has 0 amide bonds. The molecule has 1 aromatic carbocycles. The van der Waals surface area contributed by atoms with E-state index in [4.69, 9.17) is 5.11 Å². The molecule has 0 fully saturated rings. The van der Waals surface area contributed by atoms with E-state index in [2.05, 4.69) is 0 Å². The molecular weight excluding hydrogens is 221 g/mol. The van der Waals surface area contributed by atoms with E-state index in [1.54, 1.807) is 0 Å². The smallest absolute Gasteiger partial charge is 0.416 e. The van der Waals surface area contributed by atoms with Crippen molar-refractivity contribution in [1.29, 1.82) is 0 Å². The molecule has 0 spiro atoms. The maximum absolute atomic E-state index is 12.3. The molecule has 0 aromatic heterocycles. The molecule has 0 aliphatic heterocycles. The summed E-state index contributed by atoms with van der Waals surface area (Å²) in [7, 11) is 0. The van der Waals surface area contributed by atoms with E-state index in [-0.39, 0.29) is 0 Å². The number of halogens is 3. The molecule has 0 bridgehead atoms. The Morgan fingerprint density at radius 3 is 1.94 bits per heavy atom. The van der Waals surface area contributed by atoms with Crippen LogP contribution in [-0.4, -0.2) is 11.1 Å². The first-order chi connectivity index (χ1) is 7.36. The number of carboxylic acids is 1. The summed E-state index contributed by atoms with van der Waals surface area (Å²) in [5.74, 6) is -1.08. The van der Waals surface area contributed by atoms with Crippen LogP contribution in [0.2, 0.25) is 0 Å². The van der Waals surface area contributed by atoms with Crippen LogP contribution in [0.25, 0.3) is 0 Å². The number of carbonyl (C=O) groups is 1. The number of alkyl halides is 3. The predicted molar refractivity (Wildman–Crippen MR) is 49.9 cm³/mol. The maximum atomic E-state index is 12.3. The van der Waals surface area contributed by atoms with E-state index in [0.29, 0.717) is 5.56 Å². The zero-order chi connectivity index (χ0) is 12.0. The molecule has 0 radical (unpaired) electrons. The van der Waals surface area contributed by atoms with Gasteiger partial charge in [0.1, 0.15) is 5.41 Å². The normalized spacial score (nSPS) is 17.2. The van der Waals surface area contributed by atoms with E-state index in [1.165, 1.54) is 24.3 Å². The average molecular weight is 228 g/mol. The van der Waals surface area contributed by atoms with Crippen molar-refractivity contribution in [3.63, 3.8) is 0 Å². The molecule has 5 heteroatoms. The third-order valence-electron chi connectivity index (χ3n) is 2.54. The van der Waals surface area contributed by atoms with Gasteiger partial charge in [-0.3, -0.25) is 4.79 Å². The predicted octanol–water partition coefficient (Wildman–Crippen LogP) is 2.60. The lowest BCUT2D eigenvalue weighted by Gasteiger charge is -2.12. The van der Waals surface area contributed by atoms with Crippen LogP contribution in [0.3, 0.4) is 0 Å². The average Bonchev–Trinajstić information content (AvgIpc) is 2.97. The van der Waals surface area contributed by atoms with Crippen LogP contribution in [0.15, 0.2) is 36.4 Å². The molecule has 0 heterocycles. The molecule has 2 rings (SSSR count). The van der Waals surface area contributed by atoms with E-state index in [0.717, 1.165) is 12.1 Å². The number of aliphatic carboxylic acids is 1. The molecule has 16 heavy (non-hydrogen) atoms. The lowest BCUT2D eigenvalue weighted by molar-refractivity contribution is -0.139. The molecule has 0 unspecified atom stereocenters. The fraction of sp³-hybridized carbons (Fsp3) is 0.182. The summed E-state index contributed by atoms with van der Waals surface area (Å²) in [5.41, 5.74) is -1.63. The van der Waals surface area contributed by atoms with Gasteiger partial charge in [-0.25, -0.2) is 0 Å². The van der Waals surface area contributed by atoms with Gasteiger partial charge < -0.3 is 5.11 Å². The lowest BCUT2D eigenvalue weighted by atomic mass is 9.93. The quantitative estimate of drug-likeness (QED) is 0.790. The van der Waals surface area contributed by atoms with Crippen molar-refractivity contribution in [1.82, 2.24) is 0 Å². The first kappa shape index (κ1) is 10.7. The lowest BCUT2D eigenvalue weighted by Crippen LogP contribution is -2.21. The van der Waals surface area contributed by atoms with Gasteiger partial charge in [-0.2, -0.15) is 13.2 Å². The number of hydrogen-bond donors (Lipinski definition) is 1. The molecule has 1 aliphatic carbocycles. The number of rotatable bonds is 2. The van der Waals surface area contributed by atoms with Crippen molar-refractivity contribution in [2.45, 2.75) is 11.6 Å². The van der Waals surface area contributed by atoms with Crippen LogP contribution >= 0.6 is 0 Å². The summed E-state index contributed by atoms with van der Waals surface area (Å²) in [6.07, 6.45) is -1.51. The van der Waals surface area contributed by atoms with Crippen LogP contribution in [0.5, 0.6) is 0 Å². The second kappa shape index (κ2) is 3.10. The summed E-state index contributed by atoms with van der Waals surface area (Å²) in [5, 5.41) is 8.90. The Bertz CT molecular complexity index is 451. The van der Waals surface area contributed by atoms with E-state index in [1.807, 2.05) is 0 Å². The molecule has 0 saturated carbocycles. The number of hydrogen-bond acceptors (Lipinski definition) is 1. The van der Waals surface area contributed by atoms with Gasteiger partial charge in [0.25, 0.3) is 0 Å². The zero-order valence-corrected chi connectivity index (χ0v) is 7.95. The number of carboxylic acid groups (broad SMARTS) is 1. The molecule has 1 N–H and O–H groups in total. The molecule has 0 atom stereocenters. The maximum Gasteiger partial charge on any atom is 0.416 e. The van der Waals surface area contributed by atoms with Crippen LogP contribution in [0.1, 0.15) is 11.1 Å². The van der Waals surface area contributed by atoms with Gasteiger partial charge in [-0.15, -0.1) is 0 Å². The second-order valence-corrected chi connectivity index (χ2v) is 3.58. The Kier molecular flexibility index (Phi) is 2.08. The van der Waals surface area contributed by atoms with Gasteiger partial charge in [0.15, 0.2) is 0 Å².